The minimum absolute atomic E-state index is 0.115. The Morgan fingerprint density at radius 3 is 2.12 bits per heavy atom. The molecule has 3 nitrogen and oxygen atoms in total. The molecule has 2 N–H and O–H groups in total. The third-order valence-corrected chi connectivity index (χ3v) is 5.07. The molecule has 0 unspecified atom stereocenters. The molecule has 0 heterocycles. The van der Waals surface area contributed by atoms with Gasteiger partial charge >= 0.3 is 0 Å². The lowest BCUT2D eigenvalue weighted by Crippen LogP contribution is -2.42. The van der Waals surface area contributed by atoms with Gasteiger partial charge in [-0.05, 0) is 42.2 Å². The molecule has 0 aliphatic rings. The van der Waals surface area contributed by atoms with Crippen LogP contribution in [0.4, 0.5) is 5.69 Å². The first-order chi connectivity index (χ1) is 11.2. The van der Waals surface area contributed by atoms with Crippen molar-refractivity contribution in [1.82, 2.24) is 0 Å². The Kier molecular flexibility index (Phi) is 5.73. The predicted molar refractivity (Wildman–Crippen MR) is 102 cm³/mol. The Morgan fingerprint density at radius 2 is 1.58 bits per heavy atom. The summed E-state index contributed by atoms with van der Waals surface area (Å²) in [5.41, 5.74) is 0.621. The van der Waals surface area contributed by atoms with Gasteiger partial charge in [-0.1, -0.05) is 51.1 Å². The van der Waals surface area contributed by atoms with E-state index in [2.05, 4.69) is 38.2 Å². The fourth-order valence-corrected chi connectivity index (χ4v) is 3.04. The minimum atomic E-state index is -1.44. The van der Waals surface area contributed by atoms with Crippen molar-refractivity contribution in [3.63, 3.8) is 0 Å². The van der Waals surface area contributed by atoms with Gasteiger partial charge in [-0.2, -0.15) is 0 Å². The summed E-state index contributed by atoms with van der Waals surface area (Å²) in [4.78, 5) is 13.3. The third-order valence-electron chi connectivity index (χ3n) is 3.76. The maximum absolute atomic E-state index is 12.3. The molecule has 0 aliphatic carbocycles. The van der Waals surface area contributed by atoms with Crippen molar-refractivity contribution in [1.29, 1.82) is 0 Å². The lowest BCUT2D eigenvalue weighted by Gasteiger charge is -2.22. The molecule has 128 valence electrons. The van der Waals surface area contributed by atoms with Gasteiger partial charge in [0.15, 0.2) is 0 Å². The largest absolute Gasteiger partial charge is 0.379 e. The normalized spacial score (nSPS) is 14.0. The monoisotopic (exact) mass is 343 g/mol. The molecular formula is C20H25NO2S. The molecule has 24 heavy (non-hydrogen) atoms. The number of thioether (sulfide) groups is 1. The number of para-hydroxylation sites is 1. The highest BCUT2D eigenvalue weighted by atomic mass is 32.2. The summed E-state index contributed by atoms with van der Waals surface area (Å²) in [6.45, 7) is 8.07. The number of benzene rings is 2. The number of aliphatic hydroxyl groups is 1. The van der Waals surface area contributed by atoms with Crippen molar-refractivity contribution in [3.05, 3.63) is 60.2 Å². The van der Waals surface area contributed by atoms with Gasteiger partial charge in [0.05, 0.1) is 0 Å². The van der Waals surface area contributed by atoms with E-state index in [1.54, 1.807) is 19.1 Å². The van der Waals surface area contributed by atoms with Crippen LogP contribution in [0.1, 0.15) is 33.3 Å². The summed E-state index contributed by atoms with van der Waals surface area (Å²) < 4.78 is 0. The number of carbonyl (C=O) groups excluding carboxylic acids is 1. The molecule has 0 radical (unpaired) electrons. The van der Waals surface area contributed by atoms with E-state index in [1.165, 1.54) is 17.3 Å². The predicted octanol–water partition coefficient (Wildman–Crippen LogP) is 4.47. The van der Waals surface area contributed by atoms with E-state index in [0.717, 1.165) is 4.90 Å². The number of nitrogens with one attached hydrogen (secondary N) is 1. The van der Waals surface area contributed by atoms with E-state index in [9.17, 15) is 9.90 Å². The van der Waals surface area contributed by atoms with Crippen LogP contribution in [0.3, 0.4) is 0 Å². The first kappa shape index (κ1) is 18.6. The number of carbonyl (C=O) groups is 1. The Balaban J connectivity index is 1.95. The SMILES string of the molecule is CC(C)(C)c1ccc(SC[C@@](C)(O)C(=O)Nc2ccccc2)cc1. The lowest BCUT2D eigenvalue weighted by atomic mass is 9.87. The van der Waals surface area contributed by atoms with E-state index in [0.29, 0.717) is 11.4 Å². The van der Waals surface area contributed by atoms with E-state index in [4.69, 9.17) is 0 Å². The summed E-state index contributed by atoms with van der Waals surface area (Å²) in [6.07, 6.45) is 0. The second-order valence-corrected chi connectivity index (χ2v) is 8.21. The quantitative estimate of drug-likeness (QED) is 0.788. The highest BCUT2D eigenvalue weighted by molar-refractivity contribution is 7.99. The molecule has 0 aromatic heterocycles. The average Bonchev–Trinajstić information content (AvgIpc) is 2.53. The third kappa shape index (κ3) is 5.11. The van der Waals surface area contributed by atoms with Crippen LogP contribution in [0.2, 0.25) is 0 Å². The fourth-order valence-electron chi connectivity index (χ4n) is 2.13. The number of anilines is 1. The zero-order chi connectivity index (χ0) is 17.8. The number of rotatable bonds is 5. The van der Waals surface area contributed by atoms with Crippen molar-refractivity contribution in [2.24, 2.45) is 0 Å². The van der Waals surface area contributed by atoms with Crippen LogP contribution in [0.15, 0.2) is 59.5 Å². The summed E-state index contributed by atoms with van der Waals surface area (Å²) in [5, 5.41) is 13.2. The Hall–Kier alpha value is -1.78. The highest BCUT2D eigenvalue weighted by Crippen LogP contribution is 2.27. The summed E-state index contributed by atoms with van der Waals surface area (Å²) in [6, 6.07) is 17.4. The van der Waals surface area contributed by atoms with Gasteiger partial charge in [0.25, 0.3) is 5.91 Å². The van der Waals surface area contributed by atoms with Gasteiger partial charge in [0.1, 0.15) is 5.60 Å². The highest BCUT2D eigenvalue weighted by Gasteiger charge is 2.30. The Bertz CT molecular complexity index is 673. The molecule has 1 atom stereocenters. The maximum atomic E-state index is 12.3. The van der Waals surface area contributed by atoms with Gasteiger partial charge in [-0.25, -0.2) is 0 Å². The first-order valence-electron chi connectivity index (χ1n) is 8.01. The maximum Gasteiger partial charge on any atom is 0.256 e. The second-order valence-electron chi connectivity index (χ2n) is 7.16. The van der Waals surface area contributed by atoms with Gasteiger partial charge in [-0.15, -0.1) is 11.8 Å². The van der Waals surface area contributed by atoms with Crippen molar-refractivity contribution in [3.8, 4) is 0 Å². The Labute approximate surface area is 148 Å². The standard InChI is InChI=1S/C20H25NO2S/c1-19(2,3)15-10-12-17(13-11-15)24-14-20(4,23)18(22)21-16-8-6-5-7-9-16/h5-13,23H,14H2,1-4H3,(H,21,22)/t20-/m1/s1. The molecule has 4 heteroatoms. The van der Waals surface area contributed by atoms with Crippen LogP contribution >= 0.6 is 11.8 Å². The number of hydrogen-bond acceptors (Lipinski definition) is 3. The summed E-state index contributed by atoms with van der Waals surface area (Å²) in [7, 11) is 0. The summed E-state index contributed by atoms with van der Waals surface area (Å²) in [5.74, 6) is -0.104. The molecule has 2 aromatic carbocycles. The van der Waals surface area contributed by atoms with Crippen molar-refractivity contribution in [2.45, 2.75) is 43.6 Å². The van der Waals surface area contributed by atoms with Crippen molar-refractivity contribution >= 4 is 23.4 Å². The van der Waals surface area contributed by atoms with Crippen LogP contribution in [0, 0.1) is 0 Å². The van der Waals surface area contributed by atoms with Crippen LogP contribution in [-0.2, 0) is 10.2 Å². The average molecular weight is 343 g/mol. The smallest absolute Gasteiger partial charge is 0.256 e. The molecular weight excluding hydrogens is 318 g/mol. The molecule has 0 spiro atoms. The molecule has 2 aromatic rings. The van der Waals surface area contributed by atoms with E-state index < -0.39 is 11.5 Å². The van der Waals surface area contributed by atoms with Gasteiger partial charge < -0.3 is 10.4 Å². The summed E-state index contributed by atoms with van der Waals surface area (Å²) >= 11 is 1.47. The molecule has 2 rings (SSSR count). The van der Waals surface area contributed by atoms with E-state index >= 15 is 0 Å². The number of amides is 1. The molecule has 0 saturated heterocycles. The van der Waals surface area contributed by atoms with Crippen LogP contribution in [0.5, 0.6) is 0 Å². The zero-order valence-corrected chi connectivity index (χ0v) is 15.5. The lowest BCUT2D eigenvalue weighted by molar-refractivity contribution is -0.130. The topological polar surface area (TPSA) is 49.3 Å². The number of hydrogen-bond donors (Lipinski definition) is 2. The van der Waals surface area contributed by atoms with Crippen LogP contribution in [-0.4, -0.2) is 22.4 Å². The second kappa shape index (κ2) is 7.41. The molecule has 0 bridgehead atoms. The van der Waals surface area contributed by atoms with Crippen molar-refractivity contribution < 1.29 is 9.90 Å². The van der Waals surface area contributed by atoms with E-state index in [-0.39, 0.29) is 5.41 Å². The zero-order valence-electron chi connectivity index (χ0n) is 14.7. The fraction of sp³-hybridized carbons (Fsp3) is 0.350. The minimum Gasteiger partial charge on any atom is -0.379 e. The first-order valence-corrected chi connectivity index (χ1v) is 8.99. The van der Waals surface area contributed by atoms with Crippen LogP contribution in [0.25, 0.3) is 0 Å². The molecule has 1 amide bonds. The molecule has 0 saturated carbocycles. The van der Waals surface area contributed by atoms with Crippen LogP contribution < -0.4 is 5.32 Å². The van der Waals surface area contributed by atoms with Gasteiger partial charge in [0.2, 0.25) is 0 Å². The Morgan fingerprint density at radius 1 is 1.00 bits per heavy atom. The van der Waals surface area contributed by atoms with Gasteiger partial charge in [0, 0.05) is 16.3 Å². The molecule has 0 fully saturated rings. The molecule has 0 aliphatic heterocycles. The van der Waals surface area contributed by atoms with Gasteiger partial charge in [-0.3, -0.25) is 4.79 Å². The van der Waals surface area contributed by atoms with Crippen molar-refractivity contribution in [2.75, 3.05) is 11.1 Å². The van der Waals surface area contributed by atoms with E-state index in [1.807, 2.05) is 30.3 Å².